The Kier molecular flexibility index (Phi) is 4.70. The standard InChI is InChI=1S/C13H9Cl3N2O2/c14-9-5-10(15)13(11(16)6-9)17-7-8-3-1-2-4-12(8)18(19)20/h1-6,17H,7H2. The summed E-state index contributed by atoms with van der Waals surface area (Å²) in [4.78, 5) is 10.5. The van der Waals surface area contributed by atoms with Crippen LogP contribution < -0.4 is 5.32 Å². The summed E-state index contributed by atoms with van der Waals surface area (Å²) in [5.74, 6) is 0. The predicted molar refractivity (Wildman–Crippen MR) is 81.9 cm³/mol. The topological polar surface area (TPSA) is 55.2 Å². The van der Waals surface area contributed by atoms with Gasteiger partial charge in [0.2, 0.25) is 0 Å². The molecule has 2 rings (SSSR count). The smallest absolute Gasteiger partial charge is 0.274 e. The van der Waals surface area contributed by atoms with Crippen LogP contribution in [0.2, 0.25) is 15.1 Å². The lowest BCUT2D eigenvalue weighted by molar-refractivity contribution is -0.385. The summed E-state index contributed by atoms with van der Waals surface area (Å²) in [5, 5.41) is 15.1. The average molecular weight is 332 g/mol. The molecule has 0 aromatic heterocycles. The molecular weight excluding hydrogens is 323 g/mol. The zero-order valence-electron chi connectivity index (χ0n) is 10.1. The van der Waals surface area contributed by atoms with Gasteiger partial charge in [-0.05, 0) is 12.1 Å². The number of nitro groups is 1. The lowest BCUT2D eigenvalue weighted by Gasteiger charge is -2.11. The highest BCUT2D eigenvalue weighted by Crippen LogP contribution is 2.34. The molecule has 0 unspecified atom stereocenters. The van der Waals surface area contributed by atoms with E-state index in [0.717, 1.165) is 0 Å². The second-order valence-electron chi connectivity index (χ2n) is 3.98. The zero-order chi connectivity index (χ0) is 14.7. The van der Waals surface area contributed by atoms with E-state index in [1.165, 1.54) is 6.07 Å². The van der Waals surface area contributed by atoms with Gasteiger partial charge in [-0.1, -0.05) is 53.0 Å². The minimum absolute atomic E-state index is 0.0428. The van der Waals surface area contributed by atoms with Gasteiger partial charge in [-0.25, -0.2) is 0 Å². The first kappa shape index (κ1) is 14.9. The highest BCUT2D eigenvalue weighted by atomic mass is 35.5. The Labute approximate surface area is 130 Å². The monoisotopic (exact) mass is 330 g/mol. The maximum atomic E-state index is 10.9. The van der Waals surface area contributed by atoms with Crippen molar-refractivity contribution in [3.05, 3.63) is 67.1 Å². The van der Waals surface area contributed by atoms with Crippen molar-refractivity contribution in [3.8, 4) is 0 Å². The van der Waals surface area contributed by atoms with Gasteiger partial charge in [-0.15, -0.1) is 0 Å². The van der Waals surface area contributed by atoms with Gasteiger partial charge in [0.15, 0.2) is 0 Å². The van der Waals surface area contributed by atoms with Crippen molar-refractivity contribution in [1.82, 2.24) is 0 Å². The second-order valence-corrected chi connectivity index (χ2v) is 5.23. The van der Waals surface area contributed by atoms with Gasteiger partial charge in [0, 0.05) is 23.2 Å². The maximum Gasteiger partial charge on any atom is 0.274 e. The molecule has 0 bridgehead atoms. The van der Waals surface area contributed by atoms with E-state index < -0.39 is 4.92 Å². The molecule has 7 heteroatoms. The molecule has 0 aliphatic rings. The van der Waals surface area contributed by atoms with Crippen LogP contribution in [0.3, 0.4) is 0 Å². The quantitative estimate of drug-likeness (QED) is 0.621. The molecule has 0 saturated carbocycles. The highest BCUT2D eigenvalue weighted by molar-refractivity contribution is 6.41. The van der Waals surface area contributed by atoms with E-state index in [1.807, 2.05) is 0 Å². The van der Waals surface area contributed by atoms with Gasteiger partial charge in [-0.3, -0.25) is 10.1 Å². The lowest BCUT2D eigenvalue weighted by atomic mass is 10.2. The number of rotatable bonds is 4. The molecule has 0 atom stereocenters. The Hall–Kier alpha value is -1.49. The van der Waals surface area contributed by atoms with Gasteiger partial charge >= 0.3 is 0 Å². The molecule has 0 radical (unpaired) electrons. The second kappa shape index (κ2) is 6.31. The fourth-order valence-electron chi connectivity index (χ4n) is 1.73. The molecule has 1 N–H and O–H groups in total. The van der Waals surface area contributed by atoms with Crippen LogP contribution in [0.25, 0.3) is 0 Å². The Morgan fingerprint density at radius 3 is 2.30 bits per heavy atom. The van der Waals surface area contributed by atoms with Gasteiger partial charge in [0.25, 0.3) is 5.69 Å². The number of benzene rings is 2. The number of hydrogen-bond acceptors (Lipinski definition) is 3. The normalized spacial score (nSPS) is 10.3. The van der Waals surface area contributed by atoms with Crippen LogP contribution in [-0.4, -0.2) is 4.92 Å². The number of hydrogen-bond donors (Lipinski definition) is 1. The molecule has 0 saturated heterocycles. The fourth-order valence-corrected chi connectivity index (χ4v) is 2.68. The summed E-state index contributed by atoms with van der Waals surface area (Å²) < 4.78 is 0. The third kappa shape index (κ3) is 3.33. The first-order chi connectivity index (χ1) is 9.49. The summed E-state index contributed by atoms with van der Waals surface area (Å²) in [6.45, 7) is 0.234. The van der Waals surface area contributed by atoms with E-state index in [0.29, 0.717) is 26.3 Å². The fraction of sp³-hybridized carbons (Fsp3) is 0.0769. The van der Waals surface area contributed by atoms with Gasteiger partial charge in [-0.2, -0.15) is 0 Å². The SMILES string of the molecule is O=[N+]([O-])c1ccccc1CNc1c(Cl)cc(Cl)cc1Cl. The largest absolute Gasteiger partial charge is 0.378 e. The molecule has 4 nitrogen and oxygen atoms in total. The molecule has 2 aromatic carbocycles. The molecule has 0 fully saturated rings. The average Bonchev–Trinajstić information content (AvgIpc) is 2.37. The molecule has 104 valence electrons. The number of nitrogens with zero attached hydrogens (tertiary/aromatic N) is 1. The van der Waals surface area contributed by atoms with Crippen molar-refractivity contribution in [2.24, 2.45) is 0 Å². The van der Waals surface area contributed by atoms with Crippen LogP contribution in [0.4, 0.5) is 11.4 Å². The number of halogens is 3. The van der Waals surface area contributed by atoms with E-state index in [1.54, 1.807) is 30.3 Å². The number of anilines is 1. The van der Waals surface area contributed by atoms with Crippen molar-refractivity contribution in [2.45, 2.75) is 6.54 Å². The van der Waals surface area contributed by atoms with Gasteiger partial charge < -0.3 is 5.32 Å². The molecule has 0 amide bonds. The maximum absolute atomic E-state index is 10.9. The number of para-hydroxylation sites is 1. The van der Waals surface area contributed by atoms with Gasteiger partial charge in [0.1, 0.15) is 0 Å². The lowest BCUT2D eigenvalue weighted by Crippen LogP contribution is -2.03. The molecular formula is C13H9Cl3N2O2. The van der Waals surface area contributed by atoms with Crippen LogP contribution in [-0.2, 0) is 6.54 Å². The number of nitrogens with one attached hydrogen (secondary N) is 1. The van der Waals surface area contributed by atoms with Crippen LogP contribution in [0, 0.1) is 10.1 Å². The van der Waals surface area contributed by atoms with Crippen molar-refractivity contribution < 1.29 is 4.92 Å². The summed E-state index contributed by atoms with van der Waals surface area (Å²) in [6, 6.07) is 9.57. The van der Waals surface area contributed by atoms with Crippen molar-refractivity contribution >= 4 is 46.2 Å². The van der Waals surface area contributed by atoms with Crippen molar-refractivity contribution in [2.75, 3.05) is 5.32 Å². The number of nitro benzene ring substituents is 1. The first-order valence-electron chi connectivity index (χ1n) is 5.59. The van der Waals surface area contributed by atoms with E-state index in [9.17, 15) is 10.1 Å². The third-order valence-corrected chi connectivity index (χ3v) is 3.47. The predicted octanol–water partition coefficient (Wildman–Crippen LogP) is 5.17. The molecule has 0 aliphatic carbocycles. The molecule has 20 heavy (non-hydrogen) atoms. The van der Waals surface area contributed by atoms with Crippen LogP contribution in [0.5, 0.6) is 0 Å². The molecule has 2 aromatic rings. The summed E-state index contributed by atoms with van der Waals surface area (Å²) in [5.41, 5.74) is 1.08. The molecule has 0 spiro atoms. The summed E-state index contributed by atoms with van der Waals surface area (Å²) in [7, 11) is 0. The Bertz CT molecular complexity index is 639. The van der Waals surface area contributed by atoms with Crippen LogP contribution in [0.1, 0.15) is 5.56 Å². The highest BCUT2D eigenvalue weighted by Gasteiger charge is 2.13. The van der Waals surface area contributed by atoms with E-state index in [-0.39, 0.29) is 12.2 Å². The summed E-state index contributed by atoms with van der Waals surface area (Å²) in [6.07, 6.45) is 0. The van der Waals surface area contributed by atoms with Gasteiger partial charge in [0.05, 0.1) is 20.7 Å². The van der Waals surface area contributed by atoms with Crippen LogP contribution >= 0.6 is 34.8 Å². The Morgan fingerprint density at radius 2 is 1.70 bits per heavy atom. The van der Waals surface area contributed by atoms with E-state index in [2.05, 4.69) is 5.32 Å². The Balaban J connectivity index is 2.24. The van der Waals surface area contributed by atoms with Crippen LogP contribution in [0.15, 0.2) is 36.4 Å². The van der Waals surface area contributed by atoms with Crippen molar-refractivity contribution in [1.29, 1.82) is 0 Å². The van der Waals surface area contributed by atoms with E-state index >= 15 is 0 Å². The minimum atomic E-state index is -0.428. The summed E-state index contributed by atoms with van der Waals surface area (Å²) >= 11 is 17.9. The zero-order valence-corrected chi connectivity index (χ0v) is 12.3. The molecule has 0 aliphatic heterocycles. The molecule has 0 heterocycles. The third-order valence-electron chi connectivity index (χ3n) is 2.65. The van der Waals surface area contributed by atoms with Crippen molar-refractivity contribution in [3.63, 3.8) is 0 Å². The first-order valence-corrected chi connectivity index (χ1v) is 6.73. The Morgan fingerprint density at radius 1 is 1.10 bits per heavy atom. The minimum Gasteiger partial charge on any atom is -0.378 e. The van der Waals surface area contributed by atoms with E-state index in [4.69, 9.17) is 34.8 Å².